The molecule has 0 bridgehead atoms. The Balaban J connectivity index is 1.78. The van der Waals surface area contributed by atoms with Crippen molar-refractivity contribution in [1.82, 2.24) is 4.98 Å². The first kappa shape index (κ1) is 17.2. The predicted octanol–water partition coefficient (Wildman–Crippen LogP) is 1.81. The third kappa shape index (κ3) is 3.27. The van der Waals surface area contributed by atoms with Gasteiger partial charge in [-0.3, -0.25) is 0 Å². The monoisotopic (exact) mass is 330 g/mol. The van der Waals surface area contributed by atoms with Gasteiger partial charge in [0.15, 0.2) is 11.4 Å². The second-order valence-corrected chi connectivity index (χ2v) is 7.21. The van der Waals surface area contributed by atoms with Crippen LogP contribution in [0.25, 0.3) is 0 Å². The average molecular weight is 330 g/mol. The number of ether oxygens (including phenoxy) is 2. The molecule has 2 saturated heterocycles. The lowest BCUT2D eigenvalue weighted by molar-refractivity contribution is 0.00578. The molecule has 0 N–H and O–H groups in total. The summed E-state index contributed by atoms with van der Waals surface area (Å²) >= 11 is 0. The van der Waals surface area contributed by atoms with E-state index in [2.05, 4.69) is 11.1 Å². The van der Waals surface area contributed by atoms with E-state index in [1.165, 1.54) is 0 Å². The minimum Gasteiger partial charge on any atom is -0.487 e. The number of pyridine rings is 1. The quantitative estimate of drug-likeness (QED) is 0.787. The standard InChI is InChI=1S/C17H23BN2O4/c1-16(2)17(3,4)24-18(23-16)15-6-5-14(13(11-19)20-15)22-12-7-9-21-10-8-12/h5-6,12H,7-10H2,1-4H3. The van der Waals surface area contributed by atoms with Gasteiger partial charge in [-0.25, -0.2) is 4.98 Å². The third-order valence-electron chi connectivity index (χ3n) is 4.94. The molecule has 0 unspecified atom stereocenters. The first-order chi connectivity index (χ1) is 11.3. The van der Waals surface area contributed by atoms with Gasteiger partial charge in [-0.05, 0) is 39.8 Å². The average Bonchev–Trinajstić information content (AvgIpc) is 2.77. The Bertz CT molecular complexity index is 634. The van der Waals surface area contributed by atoms with E-state index in [0.29, 0.717) is 24.6 Å². The van der Waals surface area contributed by atoms with Crippen LogP contribution in [0.5, 0.6) is 5.75 Å². The number of rotatable bonds is 3. The summed E-state index contributed by atoms with van der Waals surface area (Å²) in [7, 11) is -0.584. The first-order valence-corrected chi connectivity index (χ1v) is 8.33. The molecule has 3 heterocycles. The second-order valence-electron chi connectivity index (χ2n) is 7.21. The van der Waals surface area contributed by atoms with Gasteiger partial charge < -0.3 is 18.8 Å². The van der Waals surface area contributed by atoms with E-state index in [4.69, 9.17) is 18.8 Å². The van der Waals surface area contributed by atoms with Crippen LogP contribution in [0.15, 0.2) is 12.1 Å². The summed E-state index contributed by atoms with van der Waals surface area (Å²) < 4.78 is 23.2. The lowest BCUT2D eigenvalue weighted by Crippen LogP contribution is -2.41. The summed E-state index contributed by atoms with van der Waals surface area (Å²) in [6, 6.07) is 5.69. The Hall–Kier alpha value is -1.62. The van der Waals surface area contributed by atoms with Crippen LogP contribution in [-0.4, -0.2) is 42.6 Å². The molecule has 24 heavy (non-hydrogen) atoms. The number of nitrogens with zero attached hydrogens (tertiary/aromatic N) is 2. The normalized spacial score (nSPS) is 23.0. The molecule has 0 amide bonds. The molecule has 0 saturated carbocycles. The molecule has 1 aromatic rings. The van der Waals surface area contributed by atoms with E-state index in [1.54, 1.807) is 12.1 Å². The fraction of sp³-hybridized carbons (Fsp3) is 0.647. The lowest BCUT2D eigenvalue weighted by atomic mass is 9.84. The number of hydrogen-bond donors (Lipinski definition) is 0. The van der Waals surface area contributed by atoms with E-state index in [9.17, 15) is 5.26 Å². The van der Waals surface area contributed by atoms with Crippen molar-refractivity contribution in [2.75, 3.05) is 13.2 Å². The van der Waals surface area contributed by atoms with E-state index in [1.807, 2.05) is 27.7 Å². The molecule has 0 radical (unpaired) electrons. The van der Waals surface area contributed by atoms with Crippen LogP contribution in [0, 0.1) is 11.3 Å². The highest BCUT2D eigenvalue weighted by Crippen LogP contribution is 2.36. The molecular formula is C17H23BN2O4. The van der Waals surface area contributed by atoms with Crippen molar-refractivity contribution in [1.29, 1.82) is 5.26 Å². The highest BCUT2D eigenvalue weighted by atomic mass is 16.7. The Morgan fingerprint density at radius 2 is 1.79 bits per heavy atom. The zero-order valence-corrected chi connectivity index (χ0v) is 14.7. The molecule has 6 nitrogen and oxygen atoms in total. The van der Waals surface area contributed by atoms with E-state index < -0.39 is 18.3 Å². The molecular weight excluding hydrogens is 307 g/mol. The number of aromatic nitrogens is 1. The molecule has 128 valence electrons. The summed E-state index contributed by atoms with van der Waals surface area (Å²) in [5.74, 6) is 0.504. The minimum atomic E-state index is -0.584. The van der Waals surface area contributed by atoms with Crippen molar-refractivity contribution in [3.63, 3.8) is 0 Å². The maximum absolute atomic E-state index is 9.42. The van der Waals surface area contributed by atoms with Gasteiger partial charge in [0.25, 0.3) is 0 Å². The van der Waals surface area contributed by atoms with Crippen molar-refractivity contribution in [3.8, 4) is 11.8 Å². The fourth-order valence-electron chi connectivity index (χ4n) is 2.71. The van der Waals surface area contributed by atoms with Crippen LogP contribution < -0.4 is 10.3 Å². The molecule has 1 aromatic heterocycles. The van der Waals surface area contributed by atoms with Crippen molar-refractivity contribution in [2.24, 2.45) is 0 Å². The predicted molar refractivity (Wildman–Crippen MR) is 89.1 cm³/mol. The molecule has 3 rings (SSSR count). The molecule has 0 aromatic carbocycles. The van der Waals surface area contributed by atoms with Gasteiger partial charge in [0.05, 0.1) is 30.0 Å². The van der Waals surface area contributed by atoms with Crippen molar-refractivity contribution >= 4 is 12.7 Å². The van der Waals surface area contributed by atoms with Gasteiger partial charge in [-0.2, -0.15) is 5.26 Å². The molecule has 2 fully saturated rings. The van der Waals surface area contributed by atoms with Gasteiger partial charge >= 0.3 is 7.12 Å². The maximum atomic E-state index is 9.42. The van der Waals surface area contributed by atoms with Gasteiger partial charge in [-0.1, -0.05) is 0 Å². The topological polar surface area (TPSA) is 73.6 Å². The largest absolute Gasteiger partial charge is 0.514 e. The molecule has 2 aliphatic rings. The Kier molecular flexibility index (Phi) is 4.56. The first-order valence-electron chi connectivity index (χ1n) is 8.33. The maximum Gasteiger partial charge on any atom is 0.514 e. The third-order valence-corrected chi connectivity index (χ3v) is 4.94. The van der Waals surface area contributed by atoms with E-state index >= 15 is 0 Å². The zero-order valence-electron chi connectivity index (χ0n) is 14.7. The Morgan fingerprint density at radius 1 is 1.17 bits per heavy atom. The summed E-state index contributed by atoms with van der Waals surface area (Å²) in [6.45, 7) is 9.32. The van der Waals surface area contributed by atoms with Gasteiger partial charge in [-0.15, -0.1) is 0 Å². The summed E-state index contributed by atoms with van der Waals surface area (Å²) in [5.41, 5.74) is -0.0365. The molecule has 0 spiro atoms. The van der Waals surface area contributed by atoms with Crippen molar-refractivity contribution in [2.45, 2.75) is 57.8 Å². The second kappa shape index (κ2) is 6.36. The minimum absolute atomic E-state index is 0.0651. The van der Waals surface area contributed by atoms with Gasteiger partial charge in [0.2, 0.25) is 0 Å². The van der Waals surface area contributed by atoms with E-state index in [-0.39, 0.29) is 11.8 Å². The molecule has 7 heteroatoms. The Morgan fingerprint density at radius 3 is 2.38 bits per heavy atom. The number of hydrogen-bond acceptors (Lipinski definition) is 6. The van der Waals surface area contributed by atoms with Crippen LogP contribution in [0.2, 0.25) is 0 Å². The van der Waals surface area contributed by atoms with Crippen LogP contribution in [-0.2, 0) is 14.0 Å². The summed E-state index contributed by atoms with van der Waals surface area (Å²) in [4.78, 5) is 4.40. The molecule has 0 aliphatic carbocycles. The van der Waals surface area contributed by atoms with Crippen LogP contribution in [0.4, 0.5) is 0 Å². The van der Waals surface area contributed by atoms with Crippen molar-refractivity contribution < 1.29 is 18.8 Å². The van der Waals surface area contributed by atoms with Crippen molar-refractivity contribution in [3.05, 3.63) is 17.8 Å². The Labute approximate surface area is 143 Å². The summed E-state index contributed by atoms with van der Waals surface area (Å²) in [6.07, 6.45) is 1.71. The smallest absolute Gasteiger partial charge is 0.487 e. The lowest BCUT2D eigenvalue weighted by Gasteiger charge is -2.32. The fourth-order valence-corrected chi connectivity index (χ4v) is 2.71. The SMILES string of the molecule is CC1(C)OB(c2ccc(OC3CCOCC3)c(C#N)n2)OC1(C)C. The highest BCUT2D eigenvalue weighted by molar-refractivity contribution is 6.61. The zero-order chi connectivity index (χ0) is 17.4. The van der Waals surface area contributed by atoms with Crippen LogP contribution in [0.3, 0.4) is 0 Å². The van der Waals surface area contributed by atoms with Gasteiger partial charge in [0.1, 0.15) is 12.2 Å². The molecule has 2 aliphatic heterocycles. The highest BCUT2D eigenvalue weighted by Gasteiger charge is 2.52. The molecule has 0 atom stereocenters. The van der Waals surface area contributed by atoms with Crippen LogP contribution in [0.1, 0.15) is 46.2 Å². The van der Waals surface area contributed by atoms with E-state index in [0.717, 1.165) is 12.8 Å². The van der Waals surface area contributed by atoms with Crippen LogP contribution >= 0.6 is 0 Å². The number of nitriles is 1. The summed E-state index contributed by atoms with van der Waals surface area (Å²) in [5, 5.41) is 9.42. The van der Waals surface area contributed by atoms with Gasteiger partial charge in [0, 0.05) is 12.8 Å².